The first-order valence-electron chi connectivity index (χ1n) is 10.1. The van der Waals surface area contributed by atoms with Crippen molar-refractivity contribution in [2.75, 3.05) is 31.5 Å². The van der Waals surface area contributed by atoms with E-state index in [0.29, 0.717) is 55.4 Å². The lowest BCUT2D eigenvalue weighted by Gasteiger charge is -2.14. The first-order chi connectivity index (χ1) is 15.0. The molecule has 1 fully saturated rings. The van der Waals surface area contributed by atoms with Gasteiger partial charge in [0.15, 0.2) is 0 Å². The highest BCUT2D eigenvalue weighted by atomic mass is 32.2. The number of aliphatic hydroxyl groups is 1. The molecule has 1 atom stereocenters. The molecule has 3 aromatic rings. The summed E-state index contributed by atoms with van der Waals surface area (Å²) in [6.45, 7) is 1.28. The van der Waals surface area contributed by atoms with Gasteiger partial charge in [-0.3, -0.25) is 9.82 Å². The van der Waals surface area contributed by atoms with Gasteiger partial charge in [0, 0.05) is 24.8 Å². The Hall–Kier alpha value is -2.82. The van der Waals surface area contributed by atoms with E-state index >= 15 is 0 Å². The third-order valence-corrected chi connectivity index (χ3v) is 6.94. The second-order valence-electron chi connectivity index (χ2n) is 7.48. The second kappa shape index (κ2) is 9.13. The normalized spacial score (nSPS) is 15.0. The molecule has 0 saturated heterocycles. The van der Waals surface area contributed by atoms with Crippen LogP contribution in [0.2, 0.25) is 0 Å². The van der Waals surface area contributed by atoms with Crippen LogP contribution in [0.4, 0.5) is 5.69 Å². The Kier molecular flexibility index (Phi) is 6.30. The smallest absolute Gasteiger partial charge is 0.240 e. The Bertz CT molecular complexity index is 1140. The number of aliphatic hydroxyl groups excluding tert-OH is 1. The van der Waals surface area contributed by atoms with Crippen molar-refractivity contribution in [1.29, 1.82) is 0 Å². The summed E-state index contributed by atoms with van der Waals surface area (Å²) in [5, 5.41) is 21.1. The molecule has 0 spiro atoms. The zero-order chi connectivity index (χ0) is 21.8. The number of H-pyrrole nitrogens is 1. The van der Waals surface area contributed by atoms with Crippen molar-refractivity contribution in [2.24, 2.45) is 0 Å². The monoisotopic (exact) mass is 446 g/mol. The number of hydrogen-bond donors (Lipinski definition) is 4. The van der Waals surface area contributed by atoms with Crippen LogP contribution in [0.1, 0.15) is 24.5 Å². The zero-order valence-electron chi connectivity index (χ0n) is 17.2. The van der Waals surface area contributed by atoms with Gasteiger partial charge >= 0.3 is 0 Å². The van der Waals surface area contributed by atoms with E-state index in [0.717, 1.165) is 10.9 Å². The van der Waals surface area contributed by atoms with Crippen LogP contribution in [-0.2, 0) is 10.0 Å². The predicted octanol–water partition coefficient (Wildman–Crippen LogP) is 2.18. The van der Waals surface area contributed by atoms with Gasteiger partial charge < -0.3 is 19.9 Å². The SMILES string of the molecule is COc1n[nH]c2cc(OCCNCC(O)c3cccc(NS(=O)(=O)C4CC4)c3)ccc12. The minimum atomic E-state index is -3.32. The standard InChI is InChI=1S/C21H26N4O5S/c1-29-21-18-8-5-16(12-19(18)23-24-21)30-10-9-22-13-20(26)14-3-2-4-15(11-14)25-31(27,28)17-6-7-17/h2-5,8,11-12,17,20,22,25-26H,6-7,9-10,13H2,1H3,(H,23,24). The summed E-state index contributed by atoms with van der Waals surface area (Å²) in [6, 6.07) is 12.4. The van der Waals surface area contributed by atoms with Crippen molar-refractivity contribution in [2.45, 2.75) is 24.2 Å². The molecular weight excluding hydrogens is 420 g/mol. The molecule has 1 aromatic heterocycles. The fourth-order valence-electron chi connectivity index (χ4n) is 3.25. The molecule has 31 heavy (non-hydrogen) atoms. The molecule has 1 unspecified atom stereocenters. The van der Waals surface area contributed by atoms with Gasteiger partial charge in [-0.25, -0.2) is 8.42 Å². The predicted molar refractivity (Wildman–Crippen MR) is 118 cm³/mol. The summed E-state index contributed by atoms with van der Waals surface area (Å²) in [6.07, 6.45) is 0.639. The maximum Gasteiger partial charge on any atom is 0.240 e. The first kappa shape index (κ1) is 21.4. The fourth-order valence-corrected chi connectivity index (χ4v) is 4.63. The van der Waals surface area contributed by atoms with Crippen LogP contribution in [0.25, 0.3) is 10.9 Å². The van der Waals surface area contributed by atoms with E-state index in [2.05, 4.69) is 20.2 Å². The van der Waals surface area contributed by atoms with Gasteiger partial charge in [-0.1, -0.05) is 12.1 Å². The minimum Gasteiger partial charge on any atom is -0.492 e. The Balaban J connectivity index is 1.23. The van der Waals surface area contributed by atoms with E-state index in [-0.39, 0.29) is 5.25 Å². The summed E-state index contributed by atoms with van der Waals surface area (Å²) >= 11 is 0. The molecule has 2 aromatic carbocycles. The van der Waals surface area contributed by atoms with E-state index in [9.17, 15) is 13.5 Å². The largest absolute Gasteiger partial charge is 0.492 e. The summed E-state index contributed by atoms with van der Waals surface area (Å²) < 4.78 is 37.7. The molecule has 1 aliphatic rings. The molecule has 4 rings (SSSR count). The van der Waals surface area contributed by atoms with Crippen LogP contribution in [-0.4, -0.2) is 55.8 Å². The molecule has 9 nitrogen and oxygen atoms in total. The lowest BCUT2D eigenvalue weighted by Crippen LogP contribution is -2.26. The summed E-state index contributed by atoms with van der Waals surface area (Å²) in [4.78, 5) is 0. The Morgan fingerprint density at radius 3 is 2.87 bits per heavy atom. The molecule has 0 aliphatic heterocycles. The van der Waals surface area contributed by atoms with Gasteiger partial charge in [0.25, 0.3) is 0 Å². The topological polar surface area (TPSA) is 126 Å². The van der Waals surface area contributed by atoms with E-state index in [4.69, 9.17) is 9.47 Å². The number of nitrogens with zero attached hydrogens (tertiary/aromatic N) is 1. The van der Waals surface area contributed by atoms with E-state index < -0.39 is 16.1 Å². The fraction of sp³-hybridized carbons (Fsp3) is 0.381. The van der Waals surface area contributed by atoms with Gasteiger partial charge in [-0.15, -0.1) is 5.10 Å². The van der Waals surface area contributed by atoms with Crippen LogP contribution < -0.4 is 19.5 Å². The number of sulfonamides is 1. The van der Waals surface area contributed by atoms with Gasteiger partial charge in [-0.05, 0) is 42.7 Å². The number of fused-ring (bicyclic) bond motifs is 1. The number of nitrogens with one attached hydrogen (secondary N) is 3. The number of hydrogen-bond acceptors (Lipinski definition) is 7. The van der Waals surface area contributed by atoms with Crippen molar-refractivity contribution in [3.05, 3.63) is 48.0 Å². The molecule has 1 aliphatic carbocycles. The molecule has 1 heterocycles. The number of rotatable bonds is 11. The summed E-state index contributed by atoms with van der Waals surface area (Å²) in [5.41, 5.74) is 1.94. The first-order valence-corrected chi connectivity index (χ1v) is 11.7. The third kappa shape index (κ3) is 5.27. The van der Waals surface area contributed by atoms with Gasteiger partial charge in [0.05, 0.1) is 29.4 Å². The number of methoxy groups -OCH3 is 1. The molecule has 0 radical (unpaired) electrons. The van der Waals surface area contributed by atoms with Crippen molar-refractivity contribution in [3.63, 3.8) is 0 Å². The van der Waals surface area contributed by atoms with Crippen LogP contribution in [0.15, 0.2) is 42.5 Å². The number of aromatic amines is 1. The van der Waals surface area contributed by atoms with Crippen LogP contribution in [0, 0.1) is 0 Å². The second-order valence-corrected chi connectivity index (χ2v) is 9.44. The number of benzene rings is 2. The average Bonchev–Trinajstić information content (AvgIpc) is 3.54. The lowest BCUT2D eigenvalue weighted by molar-refractivity contribution is 0.172. The molecule has 166 valence electrons. The van der Waals surface area contributed by atoms with E-state index in [1.807, 2.05) is 18.2 Å². The number of ether oxygens (including phenoxy) is 2. The molecule has 10 heteroatoms. The van der Waals surface area contributed by atoms with Gasteiger partial charge in [-0.2, -0.15) is 0 Å². The van der Waals surface area contributed by atoms with E-state index in [1.165, 1.54) is 0 Å². The van der Waals surface area contributed by atoms with Crippen molar-refractivity contribution < 1.29 is 23.0 Å². The molecule has 1 saturated carbocycles. The maximum absolute atomic E-state index is 12.1. The Morgan fingerprint density at radius 2 is 2.10 bits per heavy atom. The molecule has 4 N–H and O–H groups in total. The Morgan fingerprint density at radius 1 is 1.26 bits per heavy atom. The number of aromatic nitrogens is 2. The van der Waals surface area contributed by atoms with Crippen molar-refractivity contribution in [3.8, 4) is 11.6 Å². The molecule has 0 bridgehead atoms. The molecule has 0 amide bonds. The maximum atomic E-state index is 12.1. The van der Waals surface area contributed by atoms with Crippen LogP contribution in [0.3, 0.4) is 0 Å². The van der Waals surface area contributed by atoms with Crippen molar-refractivity contribution in [1.82, 2.24) is 15.5 Å². The summed E-state index contributed by atoms with van der Waals surface area (Å²) in [5.74, 6) is 1.25. The quantitative estimate of drug-likeness (QED) is 0.333. The third-order valence-electron chi connectivity index (χ3n) is 5.07. The van der Waals surface area contributed by atoms with Crippen molar-refractivity contribution >= 4 is 26.6 Å². The summed E-state index contributed by atoms with van der Waals surface area (Å²) in [7, 11) is -1.75. The van der Waals surface area contributed by atoms with Gasteiger partial charge in [0.1, 0.15) is 12.4 Å². The average molecular weight is 447 g/mol. The number of anilines is 1. The van der Waals surface area contributed by atoms with Crippen LogP contribution in [0.5, 0.6) is 11.6 Å². The van der Waals surface area contributed by atoms with Crippen LogP contribution >= 0.6 is 0 Å². The molecular formula is C21H26N4O5S. The highest BCUT2D eigenvalue weighted by molar-refractivity contribution is 7.93. The minimum absolute atomic E-state index is 0.293. The highest BCUT2D eigenvalue weighted by Gasteiger charge is 2.35. The van der Waals surface area contributed by atoms with E-state index in [1.54, 1.807) is 31.4 Å². The Labute approximate surface area is 180 Å². The highest BCUT2D eigenvalue weighted by Crippen LogP contribution is 2.30. The lowest BCUT2D eigenvalue weighted by atomic mass is 10.1. The van der Waals surface area contributed by atoms with Gasteiger partial charge in [0.2, 0.25) is 15.9 Å². The zero-order valence-corrected chi connectivity index (χ0v) is 18.0.